The van der Waals surface area contributed by atoms with E-state index in [4.69, 9.17) is 16.3 Å². The van der Waals surface area contributed by atoms with E-state index in [1.54, 1.807) is 0 Å². The van der Waals surface area contributed by atoms with Gasteiger partial charge in [-0.15, -0.1) is 23.1 Å². The Bertz CT molecular complexity index is 1160. The molecule has 1 aromatic heterocycles. The van der Waals surface area contributed by atoms with Gasteiger partial charge in [0.1, 0.15) is 29.4 Å². The van der Waals surface area contributed by atoms with Gasteiger partial charge >= 0.3 is 18.0 Å². The highest BCUT2D eigenvalue weighted by Gasteiger charge is 2.54. The van der Waals surface area contributed by atoms with Crippen LogP contribution in [0.15, 0.2) is 21.8 Å². The molecule has 35 heavy (non-hydrogen) atoms. The van der Waals surface area contributed by atoms with Crippen molar-refractivity contribution in [3.8, 4) is 0 Å². The molecule has 0 saturated carbocycles. The van der Waals surface area contributed by atoms with Crippen molar-refractivity contribution >= 4 is 63.8 Å². The average Bonchev–Trinajstić information content (AvgIpc) is 3.20. The van der Waals surface area contributed by atoms with Gasteiger partial charge in [0.25, 0.3) is 11.8 Å². The molecule has 1 fully saturated rings. The van der Waals surface area contributed by atoms with Crippen molar-refractivity contribution in [3.05, 3.63) is 22.3 Å². The molecule has 15 nitrogen and oxygen atoms in total. The summed E-state index contributed by atoms with van der Waals surface area (Å²) in [6.07, 6.45) is -1.10. The van der Waals surface area contributed by atoms with E-state index in [9.17, 15) is 34.2 Å². The minimum absolute atomic E-state index is 0.0110. The Morgan fingerprint density at radius 2 is 2.03 bits per heavy atom. The number of amides is 3. The summed E-state index contributed by atoms with van der Waals surface area (Å²) in [6, 6.07) is -1.13. The number of thioether (sulfide) groups is 1. The van der Waals surface area contributed by atoms with E-state index >= 15 is 0 Å². The predicted octanol–water partition coefficient (Wildman–Crippen LogP) is -0.857. The van der Waals surface area contributed by atoms with E-state index in [1.807, 2.05) is 0 Å². The lowest BCUT2D eigenvalue weighted by Crippen LogP contribution is -2.71. The molecule has 0 unspecified atom stereocenters. The third-order valence-corrected chi connectivity index (χ3v) is 6.80. The van der Waals surface area contributed by atoms with Crippen LogP contribution in [0.25, 0.3) is 0 Å². The summed E-state index contributed by atoms with van der Waals surface area (Å²) < 4.78 is 4.66. The van der Waals surface area contributed by atoms with Crippen LogP contribution in [0.5, 0.6) is 0 Å². The highest BCUT2D eigenvalue weighted by molar-refractivity contribution is 8.00. The monoisotopic (exact) mass is 528 g/mol. The Morgan fingerprint density at radius 1 is 1.34 bits per heavy atom. The number of nitrogens with two attached hydrogens (primary N) is 2. The molecule has 3 amide bonds. The van der Waals surface area contributed by atoms with Crippen molar-refractivity contribution < 1.29 is 43.8 Å². The van der Waals surface area contributed by atoms with Crippen LogP contribution in [-0.4, -0.2) is 85.0 Å². The van der Waals surface area contributed by atoms with Gasteiger partial charge < -0.3 is 36.6 Å². The van der Waals surface area contributed by atoms with Crippen molar-refractivity contribution in [2.45, 2.75) is 30.9 Å². The molecule has 1 saturated heterocycles. The number of aromatic nitrogens is 1. The van der Waals surface area contributed by atoms with Crippen molar-refractivity contribution in [1.82, 2.24) is 15.2 Å². The fourth-order valence-corrected chi connectivity index (χ4v) is 4.84. The Kier molecular flexibility index (Phi) is 7.20. The minimum atomic E-state index is -1.78. The van der Waals surface area contributed by atoms with E-state index in [0.717, 1.165) is 28.0 Å². The van der Waals surface area contributed by atoms with E-state index in [2.05, 4.69) is 20.2 Å². The number of primary amides is 1. The SMILES string of the molecule is CC(C)(ON=C(C(=O)N[C@@H]1C(=O)N2C(C(=O)O)=C(COC(N)=O)CS[C@H]12)c1csc(N)n1)C(=O)O. The van der Waals surface area contributed by atoms with Gasteiger partial charge in [-0.1, -0.05) is 5.16 Å². The van der Waals surface area contributed by atoms with Gasteiger partial charge in [0.2, 0.25) is 5.60 Å². The van der Waals surface area contributed by atoms with Gasteiger partial charge in [0, 0.05) is 16.7 Å². The Hall–Kier alpha value is -3.86. The number of hydrogen-bond acceptors (Lipinski definition) is 12. The van der Waals surface area contributed by atoms with Crippen LogP contribution in [-0.2, 0) is 28.8 Å². The summed E-state index contributed by atoms with van der Waals surface area (Å²) in [4.78, 5) is 69.7. The summed E-state index contributed by atoms with van der Waals surface area (Å²) in [5.74, 6) is -4.31. The van der Waals surface area contributed by atoms with E-state index < -0.39 is 59.2 Å². The number of anilines is 1. The first-order valence-electron chi connectivity index (χ1n) is 9.67. The number of nitrogens with zero attached hydrogens (tertiary/aromatic N) is 3. The number of nitrogen functional groups attached to an aromatic ring is 1. The smallest absolute Gasteiger partial charge is 0.404 e. The number of carboxylic acid groups (broad SMARTS) is 2. The van der Waals surface area contributed by atoms with Crippen molar-refractivity contribution in [2.24, 2.45) is 10.9 Å². The molecule has 3 rings (SSSR count). The third-order valence-electron chi connectivity index (χ3n) is 4.78. The first kappa shape index (κ1) is 25.8. The number of thiazole rings is 1. The summed E-state index contributed by atoms with van der Waals surface area (Å²) in [5, 5.41) is 25.6. The fraction of sp³-hybridized carbons (Fsp3) is 0.389. The fourth-order valence-electron chi connectivity index (χ4n) is 2.96. The lowest BCUT2D eigenvalue weighted by Gasteiger charge is -2.49. The second kappa shape index (κ2) is 9.79. The number of oxime groups is 1. The molecule has 17 heteroatoms. The maximum atomic E-state index is 13.0. The second-order valence-corrected chi connectivity index (χ2v) is 9.64. The zero-order valence-electron chi connectivity index (χ0n) is 18.2. The average molecular weight is 529 g/mol. The number of rotatable bonds is 9. The Labute approximate surface area is 205 Å². The van der Waals surface area contributed by atoms with Crippen LogP contribution in [0.1, 0.15) is 19.5 Å². The largest absolute Gasteiger partial charge is 0.478 e. The number of fused-ring (bicyclic) bond motifs is 1. The zero-order chi connectivity index (χ0) is 26.1. The van der Waals surface area contributed by atoms with Gasteiger partial charge in [-0.3, -0.25) is 14.5 Å². The Morgan fingerprint density at radius 3 is 2.57 bits per heavy atom. The molecule has 2 aliphatic rings. The van der Waals surface area contributed by atoms with Crippen LogP contribution in [0.2, 0.25) is 0 Å². The molecule has 1 aromatic rings. The third kappa shape index (κ3) is 5.29. The lowest BCUT2D eigenvalue weighted by molar-refractivity contribution is -0.161. The molecule has 0 bridgehead atoms. The molecule has 0 aromatic carbocycles. The highest BCUT2D eigenvalue weighted by Crippen LogP contribution is 2.40. The van der Waals surface area contributed by atoms with Gasteiger partial charge in [-0.25, -0.2) is 19.4 Å². The summed E-state index contributed by atoms with van der Waals surface area (Å²) >= 11 is 2.13. The number of hydrogen-bond donors (Lipinski definition) is 5. The van der Waals surface area contributed by atoms with Crippen molar-refractivity contribution in [1.29, 1.82) is 0 Å². The first-order chi connectivity index (χ1) is 16.3. The Balaban J connectivity index is 1.82. The van der Waals surface area contributed by atoms with Gasteiger partial charge in [0.05, 0.1) is 0 Å². The maximum absolute atomic E-state index is 13.0. The number of carbonyl (C=O) groups is 5. The van der Waals surface area contributed by atoms with E-state index in [1.165, 1.54) is 19.2 Å². The van der Waals surface area contributed by atoms with Gasteiger partial charge in [-0.2, -0.15) is 0 Å². The molecule has 0 radical (unpaired) electrons. The molecule has 2 atom stereocenters. The standard InChI is InChI=1S/C18H20N6O9S2/c1-18(2,15(29)30)33-23-8(7-5-35-16(19)21-7)11(25)22-9-12(26)24-10(14(27)28)6(3-32-17(20)31)4-34-13(9)24/h5,9,13H,3-4H2,1-2H3,(H2,19,21)(H2,20,31)(H,22,25)(H,27,28)(H,29,30)/t9-,13-/m1/s1. The number of carbonyl (C=O) groups excluding carboxylic acids is 3. The molecule has 0 aliphatic carbocycles. The summed E-state index contributed by atoms with van der Waals surface area (Å²) in [6.45, 7) is 2.03. The number of β-lactam (4-membered cyclic amide) rings is 1. The van der Waals surface area contributed by atoms with E-state index in [-0.39, 0.29) is 27.8 Å². The molecule has 3 heterocycles. The molecule has 2 aliphatic heterocycles. The highest BCUT2D eigenvalue weighted by atomic mass is 32.2. The number of nitrogens with one attached hydrogen (secondary N) is 1. The van der Waals surface area contributed by atoms with Crippen molar-refractivity contribution in [2.75, 3.05) is 18.1 Å². The van der Waals surface area contributed by atoms with Crippen LogP contribution < -0.4 is 16.8 Å². The van der Waals surface area contributed by atoms with Gasteiger partial charge in [-0.05, 0) is 13.8 Å². The second-order valence-electron chi connectivity index (χ2n) is 7.64. The minimum Gasteiger partial charge on any atom is -0.478 e. The topological polar surface area (TPSA) is 237 Å². The predicted molar refractivity (Wildman–Crippen MR) is 121 cm³/mol. The quantitative estimate of drug-likeness (QED) is 0.150. The van der Waals surface area contributed by atoms with Crippen LogP contribution in [0.4, 0.5) is 9.93 Å². The van der Waals surface area contributed by atoms with Crippen LogP contribution in [0.3, 0.4) is 0 Å². The molecule has 188 valence electrons. The molecular formula is C18H20N6O9S2. The number of aliphatic carboxylic acids is 2. The molecule has 7 N–H and O–H groups in total. The van der Waals surface area contributed by atoms with Crippen LogP contribution >= 0.6 is 23.1 Å². The van der Waals surface area contributed by atoms with Crippen LogP contribution in [0, 0.1) is 0 Å². The van der Waals surface area contributed by atoms with Crippen molar-refractivity contribution in [3.63, 3.8) is 0 Å². The van der Waals surface area contributed by atoms with Gasteiger partial charge in [0.15, 0.2) is 10.8 Å². The molecular weight excluding hydrogens is 508 g/mol. The molecule has 0 spiro atoms. The normalized spacial score (nSPS) is 20.0. The maximum Gasteiger partial charge on any atom is 0.404 e. The summed E-state index contributed by atoms with van der Waals surface area (Å²) in [7, 11) is 0. The first-order valence-corrected chi connectivity index (χ1v) is 11.6. The lowest BCUT2D eigenvalue weighted by atomic mass is 10.0. The number of ether oxygens (including phenoxy) is 1. The van der Waals surface area contributed by atoms with E-state index in [0.29, 0.717) is 0 Å². The number of carboxylic acids is 2. The summed E-state index contributed by atoms with van der Waals surface area (Å²) in [5.41, 5.74) is 8.13. The zero-order valence-corrected chi connectivity index (χ0v) is 19.8.